The lowest BCUT2D eigenvalue weighted by molar-refractivity contribution is 0.356. The van der Waals surface area contributed by atoms with E-state index in [1.165, 1.54) is 27.5 Å². The van der Waals surface area contributed by atoms with Crippen molar-refractivity contribution in [1.82, 2.24) is 30.2 Å². The molecule has 2 aromatic heterocycles. The number of nitrogens with zero attached hydrogens (tertiary/aromatic N) is 6. The Morgan fingerprint density at radius 3 is 2.53 bits per heavy atom. The Labute approximate surface area is 96.3 Å². The van der Waals surface area contributed by atoms with Crippen LogP contribution in [0.2, 0.25) is 0 Å². The maximum Gasteiger partial charge on any atom is 0.356 e. The van der Waals surface area contributed by atoms with E-state index >= 15 is 0 Å². The van der Waals surface area contributed by atoms with Crippen LogP contribution >= 0.6 is 0 Å². The molecule has 0 saturated carbocycles. The Morgan fingerprint density at radius 1 is 1.12 bits per heavy atom. The van der Waals surface area contributed by atoms with Crippen LogP contribution in [0.1, 0.15) is 0 Å². The van der Waals surface area contributed by atoms with Gasteiger partial charge in [-0.05, 0) is 5.21 Å². The molecule has 0 amide bonds. The van der Waals surface area contributed by atoms with Crippen molar-refractivity contribution in [3.8, 4) is 23.6 Å². The first-order chi connectivity index (χ1) is 8.28. The number of hydrogen-bond acceptors (Lipinski definition) is 8. The fourth-order valence-corrected chi connectivity index (χ4v) is 1.10. The Balaban J connectivity index is 2.43. The van der Waals surface area contributed by atoms with Gasteiger partial charge in [-0.15, -0.1) is 4.80 Å². The maximum atomic E-state index is 5.06. The van der Waals surface area contributed by atoms with E-state index in [0.717, 1.165) is 4.80 Å². The third kappa shape index (κ3) is 2.07. The van der Waals surface area contributed by atoms with Crippen molar-refractivity contribution in [2.75, 3.05) is 21.3 Å². The number of rotatable bonds is 4. The lowest BCUT2D eigenvalue weighted by atomic mass is 10.6. The quantitative estimate of drug-likeness (QED) is 0.701. The molecule has 90 valence electrons. The third-order valence-corrected chi connectivity index (χ3v) is 1.87. The Hall–Kier alpha value is -2.45. The summed E-state index contributed by atoms with van der Waals surface area (Å²) < 4.78 is 14.8. The van der Waals surface area contributed by atoms with Crippen molar-refractivity contribution in [2.45, 2.75) is 0 Å². The molecular formula is C8H10N6O3. The van der Waals surface area contributed by atoms with E-state index in [4.69, 9.17) is 14.2 Å². The molecule has 0 saturated heterocycles. The van der Waals surface area contributed by atoms with Gasteiger partial charge in [0, 0.05) is 0 Å². The highest BCUT2D eigenvalue weighted by molar-refractivity contribution is 5.33. The molecule has 0 radical (unpaired) electrons. The minimum absolute atomic E-state index is 0.129. The van der Waals surface area contributed by atoms with Crippen molar-refractivity contribution in [1.29, 1.82) is 0 Å². The highest BCUT2D eigenvalue weighted by Crippen LogP contribution is 2.19. The smallest absolute Gasteiger partial charge is 0.356 e. The molecule has 2 rings (SSSR count). The number of ether oxygens (including phenoxy) is 3. The second-order valence-electron chi connectivity index (χ2n) is 2.81. The highest BCUT2D eigenvalue weighted by atomic mass is 16.5. The summed E-state index contributed by atoms with van der Waals surface area (Å²) >= 11 is 0. The summed E-state index contributed by atoms with van der Waals surface area (Å²) in [6, 6.07) is 0.129. The molecule has 0 spiro atoms. The van der Waals surface area contributed by atoms with Gasteiger partial charge in [-0.2, -0.15) is 4.98 Å². The van der Waals surface area contributed by atoms with Crippen LogP contribution in [0.4, 0.5) is 0 Å². The van der Waals surface area contributed by atoms with Crippen molar-refractivity contribution in [2.24, 2.45) is 0 Å². The molecule has 0 aromatic carbocycles. The van der Waals surface area contributed by atoms with Gasteiger partial charge in [-0.1, -0.05) is 10.2 Å². The average molecular weight is 238 g/mol. The molecule has 0 aliphatic rings. The Morgan fingerprint density at radius 2 is 1.94 bits per heavy atom. The predicted octanol–water partition coefficient (Wildman–Crippen LogP) is -0.522. The Bertz CT molecular complexity index is 514. The molecule has 2 heterocycles. The summed E-state index contributed by atoms with van der Waals surface area (Å²) in [6.07, 6.45) is 1.42. The zero-order valence-electron chi connectivity index (χ0n) is 9.49. The van der Waals surface area contributed by atoms with E-state index in [1.807, 2.05) is 0 Å². The van der Waals surface area contributed by atoms with Crippen LogP contribution in [0.5, 0.6) is 17.8 Å². The molecule has 0 unspecified atom stereocenters. The molecule has 0 bridgehead atoms. The molecule has 0 aliphatic carbocycles. The summed E-state index contributed by atoms with van der Waals surface area (Å²) in [6.45, 7) is 0. The first kappa shape index (κ1) is 11.0. The molecule has 0 aliphatic heterocycles. The fraction of sp³-hybridized carbons (Fsp3) is 0.375. The molecule has 9 nitrogen and oxygen atoms in total. The third-order valence-electron chi connectivity index (χ3n) is 1.87. The van der Waals surface area contributed by atoms with Gasteiger partial charge in [0.1, 0.15) is 0 Å². The van der Waals surface area contributed by atoms with Crippen molar-refractivity contribution in [3.63, 3.8) is 0 Å². The van der Waals surface area contributed by atoms with Gasteiger partial charge in [0.15, 0.2) is 0 Å². The van der Waals surface area contributed by atoms with Crippen molar-refractivity contribution < 1.29 is 14.2 Å². The van der Waals surface area contributed by atoms with Gasteiger partial charge >= 0.3 is 6.01 Å². The van der Waals surface area contributed by atoms with Gasteiger partial charge in [-0.3, -0.25) is 0 Å². The van der Waals surface area contributed by atoms with Crippen LogP contribution in [-0.2, 0) is 0 Å². The number of hydrogen-bond donors (Lipinski definition) is 0. The molecule has 17 heavy (non-hydrogen) atoms. The van der Waals surface area contributed by atoms with E-state index in [2.05, 4.69) is 25.4 Å². The van der Waals surface area contributed by atoms with Gasteiger partial charge in [0.2, 0.25) is 11.7 Å². The van der Waals surface area contributed by atoms with Gasteiger partial charge in [0.05, 0.1) is 27.5 Å². The lowest BCUT2D eigenvalue weighted by Crippen LogP contribution is -2.07. The monoisotopic (exact) mass is 238 g/mol. The molecular weight excluding hydrogens is 228 g/mol. The SMILES string of the molecule is COc1cnc(-n2nnc(OC)n2)c(OC)n1. The van der Waals surface area contributed by atoms with E-state index in [0.29, 0.717) is 11.7 Å². The van der Waals surface area contributed by atoms with E-state index < -0.39 is 0 Å². The highest BCUT2D eigenvalue weighted by Gasteiger charge is 2.14. The summed E-state index contributed by atoms with van der Waals surface area (Å²) in [5.74, 6) is 0.853. The maximum absolute atomic E-state index is 5.06. The minimum Gasteiger partial charge on any atom is -0.480 e. The predicted molar refractivity (Wildman–Crippen MR) is 54.4 cm³/mol. The van der Waals surface area contributed by atoms with Crippen LogP contribution in [-0.4, -0.2) is 51.5 Å². The molecule has 0 N–H and O–H groups in total. The standard InChI is InChI=1S/C8H10N6O3/c1-15-5-4-9-6(7(10-5)16-2)14-12-8(17-3)11-13-14/h4H,1-3H3. The van der Waals surface area contributed by atoms with E-state index in [-0.39, 0.29) is 11.9 Å². The number of tetrazole rings is 1. The largest absolute Gasteiger partial charge is 0.480 e. The van der Waals surface area contributed by atoms with Crippen LogP contribution in [0, 0.1) is 0 Å². The number of methoxy groups -OCH3 is 3. The topological polar surface area (TPSA) is 97.1 Å². The second-order valence-corrected chi connectivity index (χ2v) is 2.81. The summed E-state index contributed by atoms with van der Waals surface area (Å²) in [5, 5.41) is 11.3. The average Bonchev–Trinajstić information content (AvgIpc) is 2.86. The minimum atomic E-state index is 0.129. The lowest BCUT2D eigenvalue weighted by Gasteiger charge is -2.05. The molecule has 0 fully saturated rings. The van der Waals surface area contributed by atoms with Crippen LogP contribution in [0.3, 0.4) is 0 Å². The zero-order chi connectivity index (χ0) is 12.3. The second kappa shape index (κ2) is 4.60. The van der Waals surface area contributed by atoms with Crippen LogP contribution < -0.4 is 14.2 Å². The summed E-state index contributed by atoms with van der Waals surface area (Å²) in [7, 11) is 4.39. The number of aromatic nitrogens is 6. The van der Waals surface area contributed by atoms with Gasteiger partial charge in [-0.25, -0.2) is 4.98 Å². The van der Waals surface area contributed by atoms with Gasteiger partial charge in [0.25, 0.3) is 5.88 Å². The summed E-state index contributed by atoms with van der Waals surface area (Å²) in [4.78, 5) is 9.27. The van der Waals surface area contributed by atoms with Gasteiger partial charge < -0.3 is 14.2 Å². The normalized spacial score (nSPS) is 10.1. The summed E-state index contributed by atoms with van der Waals surface area (Å²) in [5.41, 5.74) is 0. The van der Waals surface area contributed by atoms with E-state index in [1.54, 1.807) is 0 Å². The zero-order valence-corrected chi connectivity index (χ0v) is 9.49. The first-order valence-electron chi connectivity index (χ1n) is 4.58. The Kier molecular flexibility index (Phi) is 2.99. The van der Waals surface area contributed by atoms with Crippen molar-refractivity contribution in [3.05, 3.63) is 6.20 Å². The van der Waals surface area contributed by atoms with Crippen molar-refractivity contribution >= 4 is 0 Å². The molecule has 9 heteroatoms. The first-order valence-corrected chi connectivity index (χ1v) is 4.58. The van der Waals surface area contributed by atoms with Crippen LogP contribution in [0.25, 0.3) is 5.82 Å². The molecule has 2 aromatic rings. The van der Waals surface area contributed by atoms with Crippen LogP contribution in [0.15, 0.2) is 6.20 Å². The molecule has 0 atom stereocenters. The van der Waals surface area contributed by atoms with E-state index in [9.17, 15) is 0 Å². The fourth-order valence-electron chi connectivity index (χ4n) is 1.10.